The second kappa shape index (κ2) is 10.4. The Morgan fingerprint density at radius 3 is 2.59 bits per heavy atom. The van der Waals surface area contributed by atoms with Crippen molar-refractivity contribution in [3.05, 3.63) is 94.8 Å². The van der Waals surface area contributed by atoms with E-state index in [1.807, 2.05) is 0 Å². The quantitative estimate of drug-likeness (QED) is 0.406. The highest BCUT2D eigenvalue weighted by Gasteiger charge is 2.31. The number of aromatic nitrogens is 2. The Bertz CT molecular complexity index is 1420. The van der Waals surface area contributed by atoms with Gasteiger partial charge in [-0.1, -0.05) is 18.2 Å². The molecule has 6 nitrogen and oxygen atoms in total. The van der Waals surface area contributed by atoms with E-state index in [0.717, 1.165) is 12.1 Å². The van der Waals surface area contributed by atoms with Crippen LogP contribution in [0, 0.1) is 12.7 Å². The number of anilines is 1. The second-order valence-electron chi connectivity index (χ2n) is 8.43. The number of allylic oxidation sites excluding steroid dienone is 4. The van der Waals surface area contributed by atoms with Gasteiger partial charge in [-0.15, -0.1) is 0 Å². The number of nitrogens with zero attached hydrogens (tertiary/aromatic N) is 2. The summed E-state index contributed by atoms with van der Waals surface area (Å²) < 4.78 is 61.8. The number of halogens is 4. The van der Waals surface area contributed by atoms with Crippen molar-refractivity contribution in [3.63, 3.8) is 0 Å². The summed E-state index contributed by atoms with van der Waals surface area (Å²) in [6.07, 6.45) is -0.187. The topological polar surface area (TPSA) is 73.2 Å². The van der Waals surface area contributed by atoms with Crippen LogP contribution in [0.2, 0.25) is 0 Å². The molecule has 3 aromatic rings. The number of benzene rings is 2. The van der Waals surface area contributed by atoms with E-state index in [0.29, 0.717) is 23.4 Å². The molecule has 0 bridgehead atoms. The van der Waals surface area contributed by atoms with Crippen LogP contribution in [0.25, 0.3) is 11.3 Å². The Morgan fingerprint density at radius 1 is 1.16 bits per heavy atom. The monoisotopic (exact) mass is 513 g/mol. The van der Waals surface area contributed by atoms with E-state index < -0.39 is 29.9 Å². The van der Waals surface area contributed by atoms with Gasteiger partial charge in [0, 0.05) is 18.3 Å². The molecule has 0 unspecified atom stereocenters. The third-order valence-electron chi connectivity index (χ3n) is 5.62. The fourth-order valence-corrected chi connectivity index (χ4v) is 3.85. The highest BCUT2D eigenvalue weighted by atomic mass is 19.4. The van der Waals surface area contributed by atoms with Crippen molar-refractivity contribution in [2.75, 3.05) is 11.9 Å². The van der Waals surface area contributed by atoms with Crippen molar-refractivity contribution in [2.45, 2.75) is 32.9 Å². The first-order chi connectivity index (χ1) is 17.5. The summed E-state index contributed by atoms with van der Waals surface area (Å²) in [5.41, 5.74) is 0.868. The van der Waals surface area contributed by atoms with Crippen LogP contribution in [0.15, 0.2) is 66.6 Å². The molecule has 1 aliphatic rings. The second-order valence-corrected chi connectivity index (χ2v) is 8.43. The maximum absolute atomic E-state index is 14.8. The molecule has 1 aromatic heterocycles. The van der Waals surface area contributed by atoms with Gasteiger partial charge in [0.2, 0.25) is 11.7 Å². The van der Waals surface area contributed by atoms with Crippen LogP contribution < -0.4 is 5.32 Å². The van der Waals surface area contributed by atoms with Crippen molar-refractivity contribution in [2.24, 2.45) is 0 Å². The van der Waals surface area contributed by atoms with Crippen LogP contribution in [0.1, 0.15) is 35.7 Å². The minimum atomic E-state index is -4.64. The SMILES string of the molecule is CCOC1=CC(c2ccc(CC(=O)Nc3cc(-n4ccc(C)n4)cc(C(F)(F)F)c3)c(F)c2)=CCC1=O. The lowest BCUT2D eigenvalue weighted by Crippen LogP contribution is -2.17. The lowest BCUT2D eigenvalue weighted by molar-refractivity contribution is -0.137. The van der Waals surface area contributed by atoms with Gasteiger partial charge in [0.1, 0.15) is 5.82 Å². The molecule has 4 rings (SSSR count). The van der Waals surface area contributed by atoms with Crippen molar-refractivity contribution in [1.82, 2.24) is 9.78 Å². The number of rotatable bonds is 7. The number of alkyl halides is 3. The summed E-state index contributed by atoms with van der Waals surface area (Å²) in [6.45, 7) is 3.78. The zero-order valence-electron chi connectivity index (χ0n) is 20.0. The Kier molecular flexibility index (Phi) is 7.28. The standard InChI is InChI=1S/C27H23F4N3O3/c1-3-37-25-11-18(6-7-24(25)35)17-4-5-19(23(28)10-17)12-26(36)32-21-13-20(27(29,30)31)14-22(15-21)34-9-8-16(2)33-34/h4-6,8-11,13-15H,3,7,12H2,1-2H3,(H,32,36). The summed E-state index contributed by atoms with van der Waals surface area (Å²) in [5.74, 6) is -1.31. The van der Waals surface area contributed by atoms with Gasteiger partial charge in [-0.05, 0) is 67.0 Å². The number of nitrogens with one attached hydrogen (secondary N) is 1. The maximum atomic E-state index is 14.8. The lowest BCUT2D eigenvalue weighted by Gasteiger charge is -2.15. The van der Waals surface area contributed by atoms with Crippen molar-refractivity contribution in [3.8, 4) is 5.69 Å². The predicted molar refractivity (Wildman–Crippen MR) is 129 cm³/mol. The van der Waals surface area contributed by atoms with Crippen LogP contribution in [0.3, 0.4) is 0 Å². The highest BCUT2D eigenvalue weighted by molar-refractivity contribution is 6.01. The molecule has 0 saturated heterocycles. The van der Waals surface area contributed by atoms with Crippen LogP contribution in [-0.2, 0) is 26.9 Å². The molecule has 10 heteroatoms. The zero-order chi connectivity index (χ0) is 26.7. The molecule has 2 aromatic carbocycles. The minimum absolute atomic E-state index is 0.0673. The third kappa shape index (κ3) is 6.14. The largest absolute Gasteiger partial charge is 0.490 e. The number of ketones is 1. The Labute approximate surface area is 210 Å². The zero-order valence-corrected chi connectivity index (χ0v) is 20.0. The molecule has 0 radical (unpaired) electrons. The van der Waals surface area contributed by atoms with Crippen LogP contribution >= 0.6 is 0 Å². The Morgan fingerprint density at radius 2 is 1.95 bits per heavy atom. The number of aryl methyl sites for hydroxylation is 1. The normalized spacial score (nSPS) is 13.7. The molecule has 0 saturated carbocycles. The van der Waals surface area contributed by atoms with Gasteiger partial charge in [0.15, 0.2) is 5.76 Å². The van der Waals surface area contributed by atoms with E-state index >= 15 is 0 Å². The molecule has 0 fully saturated rings. The van der Waals surface area contributed by atoms with E-state index in [1.165, 1.54) is 29.1 Å². The molecule has 192 valence electrons. The molecule has 1 aliphatic carbocycles. The number of Topliss-reactive ketones (excluding diaryl/α,β-unsaturated/α-hetero) is 1. The fourth-order valence-electron chi connectivity index (χ4n) is 3.85. The van der Waals surface area contributed by atoms with E-state index in [-0.39, 0.29) is 34.9 Å². The van der Waals surface area contributed by atoms with Gasteiger partial charge in [-0.2, -0.15) is 18.3 Å². The molecule has 0 spiro atoms. The molecule has 1 N–H and O–H groups in total. The van der Waals surface area contributed by atoms with Gasteiger partial charge in [0.25, 0.3) is 0 Å². The van der Waals surface area contributed by atoms with Gasteiger partial charge >= 0.3 is 6.18 Å². The predicted octanol–water partition coefficient (Wildman–Crippen LogP) is 5.80. The average molecular weight is 513 g/mol. The lowest BCUT2D eigenvalue weighted by atomic mass is 9.96. The maximum Gasteiger partial charge on any atom is 0.416 e. The first-order valence-electron chi connectivity index (χ1n) is 11.4. The molecule has 1 heterocycles. The number of amides is 1. The summed E-state index contributed by atoms with van der Waals surface area (Å²) in [5, 5.41) is 6.55. The van der Waals surface area contributed by atoms with Crippen LogP contribution in [0.4, 0.5) is 23.2 Å². The Hall–Kier alpha value is -4.21. The summed E-state index contributed by atoms with van der Waals surface area (Å²) >= 11 is 0. The van der Waals surface area contributed by atoms with Gasteiger partial charge in [-0.3, -0.25) is 9.59 Å². The van der Waals surface area contributed by atoms with E-state index in [2.05, 4.69) is 10.4 Å². The number of carbonyl (C=O) groups is 2. The molecule has 0 atom stereocenters. The first-order valence-corrected chi connectivity index (χ1v) is 11.4. The number of ether oxygens (including phenoxy) is 1. The molecular weight excluding hydrogens is 490 g/mol. The van der Waals surface area contributed by atoms with Crippen molar-refractivity contribution >= 4 is 23.0 Å². The minimum Gasteiger partial charge on any atom is -0.490 e. The van der Waals surface area contributed by atoms with E-state index in [4.69, 9.17) is 4.74 Å². The van der Waals surface area contributed by atoms with Gasteiger partial charge in [0.05, 0.1) is 30.0 Å². The average Bonchev–Trinajstić information content (AvgIpc) is 3.27. The molecule has 1 amide bonds. The van der Waals surface area contributed by atoms with Crippen LogP contribution in [-0.4, -0.2) is 28.1 Å². The highest BCUT2D eigenvalue weighted by Crippen LogP contribution is 2.33. The third-order valence-corrected chi connectivity index (χ3v) is 5.62. The van der Waals surface area contributed by atoms with Crippen molar-refractivity contribution < 1.29 is 31.9 Å². The summed E-state index contributed by atoms with van der Waals surface area (Å²) in [4.78, 5) is 24.5. The Balaban J connectivity index is 1.53. The first kappa shape index (κ1) is 25.9. The van der Waals surface area contributed by atoms with E-state index in [9.17, 15) is 27.2 Å². The summed E-state index contributed by atoms with van der Waals surface area (Å²) in [6, 6.07) is 9.02. The fraction of sp³-hybridized carbons (Fsp3) is 0.222. The van der Waals surface area contributed by atoms with Gasteiger partial charge < -0.3 is 10.1 Å². The number of hydrogen-bond acceptors (Lipinski definition) is 4. The summed E-state index contributed by atoms with van der Waals surface area (Å²) in [7, 11) is 0. The molecule has 37 heavy (non-hydrogen) atoms. The molecular formula is C27H23F4N3O3. The number of carbonyl (C=O) groups excluding carboxylic acids is 2. The van der Waals surface area contributed by atoms with Crippen LogP contribution in [0.5, 0.6) is 0 Å². The number of hydrogen-bond donors (Lipinski definition) is 1. The smallest absolute Gasteiger partial charge is 0.416 e. The van der Waals surface area contributed by atoms with Gasteiger partial charge in [-0.25, -0.2) is 9.07 Å². The molecule has 0 aliphatic heterocycles. The van der Waals surface area contributed by atoms with E-state index in [1.54, 1.807) is 38.1 Å². The van der Waals surface area contributed by atoms with Crippen molar-refractivity contribution in [1.29, 1.82) is 0 Å².